The predicted octanol–water partition coefficient (Wildman–Crippen LogP) is -0.290. The van der Waals surface area contributed by atoms with E-state index in [1.165, 1.54) is 0 Å². The largest absolute Gasteiger partial charge is 0.355 e. The standard InChI is InChI=1S/C19H27N5O3/c1-2-21-17(25)14-22-6-8-23(9-7-22)19(27)16-10-18(26)24(13-16)12-15-4-3-5-20-11-15/h3-5,11,16H,2,6-10,12-14H2,1H3,(H,21,25). The highest BCUT2D eigenvalue weighted by Crippen LogP contribution is 2.22. The summed E-state index contributed by atoms with van der Waals surface area (Å²) >= 11 is 0. The highest BCUT2D eigenvalue weighted by molar-refractivity contribution is 5.89. The van der Waals surface area contributed by atoms with E-state index in [0.717, 1.165) is 5.56 Å². The number of hydrogen-bond acceptors (Lipinski definition) is 5. The number of amides is 3. The summed E-state index contributed by atoms with van der Waals surface area (Å²) < 4.78 is 0. The van der Waals surface area contributed by atoms with E-state index >= 15 is 0 Å². The average Bonchev–Trinajstić information content (AvgIpc) is 3.03. The van der Waals surface area contributed by atoms with Gasteiger partial charge in [0.05, 0.1) is 12.5 Å². The number of likely N-dealkylation sites (tertiary alicyclic amines) is 1. The van der Waals surface area contributed by atoms with Crippen LogP contribution in [0.4, 0.5) is 0 Å². The molecule has 3 heterocycles. The molecule has 0 saturated carbocycles. The number of carbonyl (C=O) groups excluding carboxylic acids is 3. The van der Waals surface area contributed by atoms with Crippen LogP contribution in [0.25, 0.3) is 0 Å². The molecule has 2 fully saturated rings. The van der Waals surface area contributed by atoms with Crippen LogP contribution in [0.1, 0.15) is 18.9 Å². The molecular weight excluding hydrogens is 346 g/mol. The van der Waals surface area contributed by atoms with Gasteiger partial charge in [-0.2, -0.15) is 0 Å². The number of aromatic nitrogens is 1. The number of likely N-dealkylation sites (N-methyl/N-ethyl adjacent to an activating group) is 1. The molecule has 0 spiro atoms. The molecule has 2 aliphatic rings. The van der Waals surface area contributed by atoms with Crippen molar-refractivity contribution in [1.29, 1.82) is 0 Å². The Morgan fingerprint density at radius 3 is 2.70 bits per heavy atom. The molecule has 0 radical (unpaired) electrons. The number of rotatable bonds is 6. The SMILES string of the molecule is CCNC(=O)CN1CCN(C(=O)C2CC(=O)N(Cc3cccnc3)C2)CC1. The molecule has 2 aliphatic heterocycles. The molecule has 0 aromatic carbocycles. The van der Waals surface area contributed by atoms with Crippen LogP contribution in [0.3, 0.4) is 0 Å². The monoisotopic (exact) mass is 373 g/mol. The minimum atomic E-state index is -0.274. The molecule has 8 heteroatoms. The molecule has 1 N–H and O–H groups in total. The fourth-order valence-electron chi connectivity index (χ4n) is 3.64. The van der Waals surface area contributed by atoms with Gasteiger partial charge >= 0.3 is 0 Å². The van der Waals surface area contributed by atoms with E-state index < -0.39 is 0 Å². The van der Waals surface area contributed by atoms with Crippen molar-refractivity contribution < 1.29 is 14.4 Å². The summed E-state index contributed by atoms with van der Waals surface area (Å²) in [5.41, 5.74) is 0.970. The zero-order valence-corrected chi connectivity index (χ0v) is 15.8. The summed E-state index contributed by atoms with van der Waals surface area (Å²) in [4.78, 5) is 46.5. The Labute approximate surface area is 159 Å². The van der Waals surface area contributed by atoms with E-state index in [9.17, 15) is 14.4 Å². The van der Waals surface area contributed by atoms with Gasteiger partial charge in [-0.1, -0.05) is 6.07 Å². The molecule has 1 atom stereocenters. The maximum atomic E-state index is 12.8. The maximum absolute atomic E-state index is 12.8. The summed E-state index contributed by atoms with van der Waals surface area (Å²) in [5.74, 6) is -0.185. The fourth-order valence-corrected chi connectivity index (χ4v) is 3.64. The van der Waals surface area contributed by atoms with Crippen LogP contribution in [0.15, 0.2) is 24.5 Å². The maximum Gasteiger partial charge on any atom is 0.234 e. The minimum absolute atomic E-state index is 0.0182. The van der Waals surface area contributed by atoms with Crippen molar-refractivity contribution in [2.24, 2.45) is 5.92 Å². The van der Waals surface area contributed by atoms with Gasteiger partial charge < -0.3 is 15.1 Å². The van der Waals surface area contributed by atoms with Gasteiger partial charge in [0.2, 0.25) is 17.7 Å². The fraction of sp³-hybridized carbons (Fsp3) is 0.579. The van der Waals surface area contributed by atoms with Gasteiger partial charge in [0.25, 0.3) is 0 Å². The van der Waals surface area contributed by atoms with Crippen LogP contribution in [0.5, 0.6) is 0 Å². The van der Waals surface area contributed by atoms with Gasteiger partial charge in [0.15, 0.2) is 0 Å². The first-order chi connectivity index (χ1) is 13.1. The second kappa shape index (κ2) is 8.94. The van der Waals surface area contributed by atoms with Crippen molar-refractivity contribution >= 4 is 17.7 Å². The van der Waals surface area contributed by atoms with E-state index in [1.54, 1.807) is 17.3 Å². The van der Waals surface area contributed by atoms with Crippen molar-refractivity contribution in [2.75, 3.05) is 45.8 Å². The van der Waals surface area contributed by atoms with Gasteiger partial charge in [0, 0.05) is 64.6 Å². The molecule has 0 aliphatic carbocycles. The summed E-state index contributed by atoms with van der Waals surface area (Å²) in [6, 6.07) is 3.78. The third-order valence-corrected chi connectivity index (χ3v) is 5.09. The number of nitrogens with one attached hydrogen (secondary N) is 1. The van der Waals surface area contributed by atoms with E-state index in [4.69, 9.17) is 0 Å². The van der Waals surface area contributed by atoms with Gasteiger partial charge in [-0.25, -0.2) is 0 Å². The van der Waals surface area contributed by atoms with E-state index in [0.29, 0.717) is 52.4 Å². The first kappa shape index (κ1) is 19.3. The van der Waals surface area contributed by atoms with Gasteiger partial charge in [-0.15, -0.1) is 0 Å². The Morgan fingerprint density at radius 1 is 1.26 bits per heavy atom. The minimum Gasteiger partial charge on any atom is -0.355 e. The quantitative estimate of drug-likeness (QED) is 0.741. The van der Waals surface area contributed by atoms with E-state index in [2.05, 4.69) is 15.2 Å². The van der Waals surface area contributed by atoms with Crippen molar-refractivity contribution in [3.8, 4) is 0 Å². The van der Waals surface area contributed by atoms with Crippen molar-refractivity contribution in [1.82, 2.24) is 25.0 Å². The molecule has 146 valence electrons. The summed E-state index contributed by atoms with van der Waals surface area (Å²) in [6.45, 7) is 6.43. The summed E-state index contributed by atoms with van der Waals surface area (Å²) in [5, 5.41) is 2.79. The Bertz CT molecular complexity index is 673. The molecule has 2 saturated heterocycles. The molecule has 1 unspecified atom stereocenters. The van der Waals surface area contributed by atoms with Crippen LogP contribution in [-0.2, 0) is 20.9 Å². The van der Waals surface area contributed by atoms with Crippen LogP contribution in [0, 0.1) is 5.92 Å². The van der Waals surface area contributed by atoms with Gasteiger partial charge in [-0.3, -0.25) is 24.3 Å². The Morgan fingerprint density at radius 2 is 2.04 bits per heavy atom. The van der Waals surface area contributed by atoms with Crippen molar-refractivity contribution in [3.05, 3.63) is 30.1 Å². The lowest BCUT2D eigenvalue weighted by Gasteiger charge is -2.35. The third-order valence-electron chi connectivity index (χ3n) is 5.09. The lowest BCUT2D eigenvalue weighted by atomic mass is 10.1. The van der Waals surface area contributed by atoms with Crippen LogP contribution in [0.2, 0.25) is 0 Å². The zero-order valence-electron chi connectivity index (χ0n) is 15.8. The zero-order chi connectivity index (χ0) is 19.2. The number of piperazine rings is 1. The third kappa shape index (κ3) is 5.03. The molecule has 3 amide bonds. The first-order valence-corrected chi connectivity index (χ1v) is 9.51. The Balaban J connectivity index is 1.47. The van der Waals surface area contributed by atoms with Crippen LogP contribution in [-0.4, -0.2) is 83.2 Å². The van der Waals surface area contributed by atoms with E-state index in [1.807, 2.05) is 24.0 Å². The lowest BCUT2D eigenvalue weighted by Crippen LogP contribution is -2.52. The lowest BCUT2D eigenvalue weighted by molar-refractivity contribution is -0.137. The second-order valence-corrected chi connectivity index (χ2v) is 7.09. The highest BCUT2D eigenvalue weighted by Gasteiger charge is 2.37. The first-order valence-electron chi connectivity index (χ1n) is 9.51. The normalized spacial score (nSPS) is 20.8. The predicted molar refractivity (Wildman–Crippen MR) is 99.5 cm³/mol. The molecule has 1 aromatic rings. The average molecular weight is 373 g/mol. The van der Waals surface area contributed by atoms with E-state index in [-0.39, 0.29) is 30.1 Å². The Hall–Kier alpha value is -2.48. The van der Waals surface area contributed by atoms with Gasteiger partial charge in [0.1, 0.15) is 0 Å². The van der Waals surface area contributed by atoms with Gasteiger partial charge in [-0.05, 0) is 18.6 Å². The number of nitrogens with zero attached hydrogens (tertiary/aromatic N) is 4. The summed E-state index contributed by atoms with van der Waals surface area (Å²) in [7, 11) is 0. The summed E-state index contributed by atoms with van der Waals surface area (Å²) in [6.07, 6.45) is 3.72. The smallest absolute Gasteiger partial charge is 0.234 e. The highest BCUT2D eigenvalue weighted by atomic mass is 16.2. The van der Waals surface area contributed by atoms with Crippen LogP contribution < -0.4 is 5.32 Å². The molecule has 0 bridgehead atoms. The second-order valence-electron chi connectivity index (χ2n) is 7.09. The molecular formula is C19H27N5O3. The number of hydrogen-bond donors (Lipinski definition) is 1. The molecule has 27 heavy (non-hydrogen) atoms. The van der Waals surface area contributed by atoms with Crippen molar-refractivity contribution in [3.63, 3.8) is 0 Å². The number of carbonyl (C=O) groups is 3. The molecule has 1 aromatic heterocycles. The molecule has 3 rings (SSSR count). The molecule has 8 nitrogen and oxygen atoms in total. The number of pyridine rings is 1. The topological polar surface area (TPSA) is 85.8 Å². The Kier molecular flexibility index (Phi) is 6.39. The van der Waals surface area contributed by atoms with Crippen LogP contribution >= 0.6 is 0 Å². The van der Waals surface area contributed by atoms with Crippen molar-refractivity contribution in [2.45, 2.75) is 19.9 Å².